The van der Waals surface area contributed by atoms with Crippen molar-refractivity contribution in [2.75, 3.05) is 6.61 Å². The summed E-state index contributed by atoms with van der Waals surface area (Å²) in [6.45, 7) is 2.15. The van der Waals surface area contributed by atoms with E-state index in [9.17, 15) is 9.59 Å². The topological polar surface area (TPSA) is 119 Å². The van der Waals surface area contributed by atoms with Gasteiger partial charge in [-0.25, -0.2) is 4.79 Å². The molecule has 2 amide bonds. The fourth-order valence-electron chi connectivity index (χ4n) is 4.02. The highest BCUT2D eigenvalue weighted by molar-refractivity contribution is 5.75. The van der Waals surface area contributed by atoms with E-state index < -0.39 is 6.04 Å². The number of nitrogens with two attached hydrogens (primary N) is 2. The Labute approximate surface area is 150 Å². The van der Waals surface area contributed by atoms with Gasteiger partial charge >= 0.3 is 12.0 Å². The molecule has 0 aromatic heterocycles. The highest BCUT2D eigenvalue weighted by atomic mass is 16.5. The average molecular weight is 354 g/mol. The summed E-state index contributed by atoms with van der Waals surface area (Å²) in [6.07, 6.45) is 8.49. The van der Waals surface area contributed by atoms with Crippen molar-refractivity contribution in [3.8, 4) is 0 Å². The lowest BCUT2D eigenvalue weighted by molar-refractivity contribution is -0.145. The van der Waals surface area contributed by atoms with Gasteiger partial charge in [0.2, 0.25) is 0 Å². The van der Waals surface area contributed by atoms with Gasteiger partial charge in [-0.3, -0.25) is 4.79 Å². The molecule has 0 spiro atoms. The van der Waals surface area contributed by atoms with Crippen molar-refractivity contribution in [1.82, 2.24) is 10.6 Å². The summed E-state index contributed by atoms with van der Waals surface area (Å²) in [4.78, 5) is 23.8. The lowest BCUT2D eigenvalue weighted by Gasteiger charge is -2.32. The molecule has 25 heavy (non-hydrogen) atoms. The number of amides is 2. The van der Waals surface area contributed by atoms with Crippen LogP contribution in [0.15, 0.2) is 0 Å². The van der Waals surface area contributed by atoms with Crippen LogP contribution in [0.3, 0.4) is 0 Å². The molecule has 144 valence electrons. The van der Waals surface area contributed by atoms with Crippen molar-refractivity contribution in [3.05, 3.63) is 0 Å². The third-order valence-corrected chi connectivity index (χ3v) is 5.41. The zero-order chi connectivity index (χ0) is 18.2. The van der Waals surface area contributed by atoms with Gasteiger partial charge in [-0.2, -0.15) is 0 Å². The van der Waals surface area contributed by atoms with Crippen molar-refractivity contribution in [2.24, 2.45) is 17.4 Å². The van der Waals surface area contributed by atoms with Gasteiger partial charge in [-0.1, -0.05) is 0 Å². The molecule has 0 saturated heterocycles. The normalized spacial score (nSPS) is 31.0. The molecule has 2 aliphatic carbocycles. The largest absolute Gasteiger partial charge is 0.465 e. The lowest BCUT2D eigenvalue weighted by atomic mass is 9.82. The van der Waals surface area contributed by atoms with Gasteiger partial charge in [-0.05, 0) is 70.6 Å². The predicted octanol–water partition coefficient (Wildman–Crippen LogP) is 1.39. The second-order valence-electron chi connectivity index (χ2n) is 7.55. The fourth-order valence-corrected chi connectivity index (χ4v) is 4.02. The van der Waals surface area contributed by atoms with Crippen molar-refractivity contribution in [2.45, 2.75) is 88.9 Å². The van der Waals surface area contributed by atoms with Gasteiger partial charge in [0.25, 0.3) is 0 Å². The predicted molar refractivity (Wildman–Crippen MR) is 96.9 cm³/mol. The molecule has 0 bridgehead atoms. The molecule has 2 rings (SSSR count). The van der Waals surface area contributed by atoms with Crippen molar-refractivity contribution < 1.29 is 14.3 Å². The summed E-state index contributed by atoms with van der Waals surface area (Å²) in [6, 6.07) is -0.00728. The molecule has 0 aromatic rings. The third kappa shape index (κ3) is 6.82. The Morgan fingerprint density at radius 2 is 1.76 bits per heavy atom. The van der Waals surface area contributed by atoms with Crippen LogP contribution in [0.25, 0.3) is 0 Å². The van der Waals surface area contributed by atoms with Crippen LogP contribution in [0.5, 0.6) is 0 Å². The second-order valence-corrected chi connectivity index (χ2v) is 7.55. The third-order valence-electron chi connectivity index (χ3n) is 5.41. The fraction of sp³-hybridized carbons (Fsp3) is 0.889. The molecule has 3 atom stereocenters. The minimum absolute atomic E-state index is 0.0780. The summed E-state index contributed by atoms with van der Waals surface area (Å²) in [5, 5.41) is 6.14. The number of hydrogen-bond acceptors (Lipinski definition) is 5. The first-order valence-corrected chi connectivity index (χ1v) is 9.72. The molecule has 2 fully saturated rings. The van der Waals surface area contributed by atoms with Crippen LogP contribution in [0.4, 0.5) is 4.79 Å². The Balaban J connectivity index is 1.64. The molecule has 7 nitrogen and oxygen atoms in total. The van der Waals surface area contributed by atoms with Crippen LogP contribution in [-0.2, 0) is 9.53 Å². The van der Waals surface area contributed by atoms with Crippen molar-refractivity contribution in [3.63, 3.8) is 0 Å². The number of nitrogens with one attached hydrogen (secondary N) is 2. The molecule has 0 radical (unpaired) electrons. The summed E-state index contributed by atoms with van der Waals surface area (Å²) in [5.74, 6) is 0.115. The van der Waals surface area contributed by atoms with Gasteiger partial charge in [0, 0.05) is 18.1 Å². The van der Waals surface area contributed by atoms with E-state index in [1.807, 2.05) is 0 Å². The van der Waals surface area contributed by atoms with Crippen LogP contribution in [0.1, 0.15) is 64.7 Å². The van der Waals surface area contributed by atoms with Crippen LogP contribution in [-0.4, -0.2) is 42.8 Å². The van der Waals surface area contributed by atoms with E-state index in [0.29, 0.717) is 18.9 Å². The van der Waals surface area contributed by atoms with Crippen LogP contribution < -0.4 is 22.1 Å². The highest BCUT2D eigenvalue weighted by Crippen LogP contribution is 2.28. The molecule has 2 saturated carbocycles. The van der Waals surface area contributed by atoms with Gasteiger partial charge in [0.1, 0.15) is 6.04 Å². The maximum atomic E-state index is 12.2. The number of carbonyl (C=O) groups is 2. The van der Waals surface area contributed by atoms with E-state index in [0.717, 1.165) is 51.4 Å². The van der Waals surface area contributed by atoms with E-state index in [2.05, 4.69) is 10.6 Å². The molecule has 7 heteroatoms. The number of esters is 1. The van der Waals surface area contributed by atoms with E-state index in [1.54, 1.807) is 6.92 Å². The molecule has 0 heterocycles. The minimum atomic E-state index is -0.534. The standard InChI is InChI=1S/C18H34N4O3/c1-2-25-17(23)16(20)10-12-6-8-14(9-7-12)21-18(24)22-15-5-3-4-13(19)11-15/h12-16H,2-11,19-20H2,1H3,(H2,21,22,24). The quantitative estimate of drug-likeness (QED) is 0.537. The number of hydrogen-bond donors (Lipinski definition) is 4. The minimum Gasteiger partial charge on any atom is -0.465 e. The zero-order valence-electron chi connectivity index (χ0n) is 15.3. The van der Waals surface area contributed by atoms with Crippen LogP contribution in [0, 0.1) is 5.92 Å². The summed E-state index contributed by atoms with van der Waals surface area (Å²) in [5.41, 5.74) is 11.9. The van der Waals surface area contributed by atoms with Crippen molar-refractivity contribution in [1.29, 1.82) is 0 Å². The molecule has 2 aliphatic rings. The molecule has 0 aromatic carbocycles. The first-order valence-electron chi connectivity index (χ1n) is 9.72. The van der Waals surface area contributed by atoms with Gasteiger partial charge in [0.15, 0.2) is 0 Å². The number of carbonyl (C=O) groups excluding carboxylic acids is 2. The Morgan fingerprint density at radius 1 is 1.08 bits per heavy atom. The Hall–Kier alpha value is -1.34. The van der Waals surface area contributed by atoms with E-state index in [-0.39, 0.29) is 30.1 Å². The Kier molecular flexibility index (Phi) is 7.96. The zero-order valence-corrected chi connectivity index (χ0v) is 15.3. The smallest absolute Gasteiger partial charge is 0.322 e. The SMILES string of the molecule is CCOC(=O)C(N)CC1CCC(NC(=O)NC2CCCC(N)C2)CC1. The van der Waals surface area contributed by atoms with Gasteiger partial charge in [-0.15, -0.1) is 0 Å². The summed E-state index contributed by atoms with van der Waals surface area (Å²) in [7, 11) is 0. The second kappa shape index (κ2) is 9.97. The van der Waals surface area contributed by atoms with E-state index >= 15 is 0 Å². The highest BCUT2D eigenvalue weighted by Gasteiger charge is 2.27. The van der Waals surface area contributed by atoms with Crippen LogP contribution in [0.2, 0.25) is 0 Å². The molecule has 0 aliphatic heterocycles. The Bertz CT molecular complexity index is 438. The van der Waals surface area contributed by atoms with Gasteiger partial charge in [0.05, 0.1) is 6.61 Å². The van der Waals surface area contributed by atoms with Gasteiger partial charge < -0.3 is 26.8 Å². The molecule has 3 unspecified atom stereocenters. The first-order chi connectivity index (χ1) is 12.0. The maximum Gasteiger partial charge on any atom is 0.322 e. The van der Waals surface area contributed by atoms with E-state index in [4.69, 9.17) is 16.2 Å². The number of rotatable bonds is 6. The van der Waals surface area contributed by atoms with Crippen LogP contribution >= 0.6 is 0 Å². The molecular weight excluding hydrogens is 320 g/mol. The molecular formula is C18H34N4O3. The van der Waals surface area contributed by atoms with E-state index in [1.165, 1.54) is 0 Å². The number of urea groups is 1. The Morgan fingerprint density at radius 3 is 2.40 bits per heavy atom. The monoisotopic (exact) mass is 354 g/mol. The summed E-state index contributed by atoms with van der Waals surface area (Å²) >= 11 is 0. The molecule has 6 N–H and O–H groups in total. The maximum absolute atomic E-state index is 12.2. The summed E-state index contributed by atoms with van der Waals surface area (Å²) < 4.78 is 4.96. The number of ether oxygens (including phenoxy) is 1. The first kappa shape index (κ1) is 20.0. The lowest BCUT2D eigenvalue weighted by Crippen LogP contribution is -2.49. The average Bonchev–Trinajstić information content (AvgIpc) is 2.56. The van der Waals surface area contributed by atoms with Crippen molar-refractivity contribution >= 4 is 12.0 Å².